The molecule has 2 rings (SSSR count). The van der Waals surface area contributed by atoms with Crippen molar-refractivity contribution in [1.29, 1.82) is 0 Å². The molecule has 0 amide bonds. The van der Waals surface area contributed by atoms with Gasteiger partial charge in [-0.05, 0) is 67.6 Å². The van der Waals surface area contributed by atoms with Gasteiger partial charge in [0, 0.05) is 0 Å². The van der Waals surface area contributed by atoms with Crippen LogP contribution in [-0.2, 0) is 16.2 Å². The van der Waals surface area contributed by atoms with E-state index in [0.29, 0.717) is 11.0 Å². The van der Waals surface area contributed by atoms with E-state index in [2.05, 4.69) is 27.7 Å². The first kappa shape index (κ1) is 21.0. The quantitative estimate of drug-likeness (QED) is 0.301. The van der Waals surface area contributed by atoms with Crippen LogP contribution < -0.4 is 0 Å². The smallest absolute Gasteiger partial charge is 0.293 e. The van der Waals surface area contributed by atoms with E-state index in [1.807, 2.05) is 24.3 Å². The molecule has 1 aliphatic rings. The minimum absolute atomic E-state index is 0.0374. The molecule has 3 heteroatoms. The summed E-state index contributed by atoms with van der Waals surface area (Å²) in [5, 5.41) is 0. The van der Waals surface area contributed by atoms with Crippen LogP contribution in [0.25, 0.3) is 0 Å². The Kier molecular flexibility index (Phi) is 8.15. The van der Waals surface area contributed by atoms with Crippen molar-refractivity contribution in [2.75, 3.05) is 0 Å². The summed E-state index contributed by atoms with van der Waals surface area (Å²) in [6, 6.07) is 7.74. The van der Waals surface area contributed by atoms with Crippen LogP contribution in [0.3, 0.4) is 0 Å². The van der Waals surface area contributed by atoms with Crippen molar-refractivity contribution in [3.8, 4) is 0 Å². The number of benzene rings is 1. The average molecular weight is 361 g/mol. The van der Waals surface area contributed by atoms with Gasteiger partial charge in [0.25, 0.3) is 0 Å². The van der Waals surface area contributed by atoms with Crippen molar-refractivity contribution >= 4 is 5.97 Å². The number of rotatable bonds is 8. The Balaban J connectivity index is 1.71. The van der Waals surface area contributed by atoms with Gasteiger partial charge in [-0.3, -0.25) is 4.89 Å². The summed E-state index contributed by atoms with van der Waals surface area (Å²) in [5.74, 6) is 0.336. The molecule has 1 aromatic carbocycles. The average Bonchev–Trinajstić information content (AvgIpc) is 2.63. The monoisotopic (exact) mass is 360 g/mol. The van der Waals surface area contributed by atoms with Crippen LogP contribution in [0.5, 0.6) is 0 Å². The van der Waals surface area contributed by atoms with Crippen LogP contribution in [0.15, 0.2) is 24.3 Å². The molecule has 1 fully saturated rings. The molecule has 1 aliphatic carbocycles. The van der Waals surface area contributed by atoms with Crippen molar-refractivity contribution in [2.24, 2.45) is 11.3 Å². The van der Waals surface area contributed by atoms with Crippen molar-refractivity contribution < 1.29 is 14.6 Å². The number of hydrogen-bond donors (Lipinski definition) is 0. The first-order chi connectivity index (χ1) is 12.4. The molecular weight excluding hydrogens is 324 g/mol. The van der Waals surface area contributed by atoms with Gasteiger partial charge in [-0.1, -0.05) is 59.1 Å². The molecule has 0 spiro atoms. The van der Waals surface area contributed by atoms with Crippen LogP contribution in [0, 0.1) is 11.3 Å². The highest BCUT2D eigenvalue weighted by Crippen LogP contribution is 2.38. The minimum atomic E-state index is -0.388. The summed E-state index contributed by atoms with van der Waals surface area (Å²) in [7, 11) is 0. The Hall–Kier alpha value is -1.35. The van der Waals surface area contributed by atoms with E-state index >= 15 is 0 Å². The summed E-state index contributed by atoms with van der Waals surface area (Å²) in [5.41, 5.74) is 2.18. The summed E-state index contributed by atoms with van der Waals surface area (Å²) < 4.78 is 0. The molecule has 0 heterocycles. The van der Waals surface area contributed by atoms with Crippen molar-refractivity contribution in [3.05, 3.63) is 35.4 Å². The van der Waals surface area contributed by atoms with Crippen molar-refractivity contribution in [2.45, 2.75) is 91.6 Å². The van der Waals surface area contributed by atoms with E-state index in [9.17, 15) is 4.79 Å². The molecule has 1 aromatic rings. The van der Waals surface area contributed by atoms with E-state index in [1.54, 1.807) is 0 Å². The summed E-state index contributed by atoms with van der Waals surface area (Å²) in [4.78, 5) is 22.7. The summed E-state index contributed by atoms with van der Waals surface area (Å²) in [6.07, 6.45) is 10.3. The van der Waals surface area contributed by atoms with Gasteiger partial charge in [-0.15, -0.1) is 0 Å². The van der Waals surface area contributed by atoms with Crippen LogP contribution in [-0.4, -0.2) is 12.1 Å². The topological polar surface area (TPSA) is 35.5 Å². The lowest BCUT2D eigenvalue weighted by Gasteiger charge is -2.36. The lowest BCUT2D eigenvalue weighted by atomic mass is 9.72. The molecule has 0 radical (unpaired) electrons. The maximum atomic E-state index is 12.2. The molecule has 0 N–H and O–H groups in total. The second-order valence-electron chi connectivity index (χ2n) is 8.81. The second kappa shape index (κ2) is 10.1. The zero-order valence-electron chi connectivity index (χ0n) is 17.1. The Morgan fingerprint density at radius 2 is 1.65 bits per heavy atom. The van der Waals surface area contributed by atoms with Crippen LogP contribution >= 0.6 is 0 Å². The molecule has 0 aliphatic heterocycles. The third-order valence-corrected chi connectivity index (χ3v) is 5.67. The first-order valence-corrected chi connectivity index (χ1v) is 10.4. The van der Waals surface area contributed by atoms with E-state index < -0.39 is 0 Å². The molecule has 3 nitrogen and oxygen atoms in total. The minimum Gasteiger partial charge on any atom is -0.293 e. The maximum Gasteiger partial charge on any atom is 0.373 e. The third-order valence-electron chi connectivity index (χ3n) is 5.67. The Morgan fingerprint density at radius 3 is 2.23 bits per heavy atom. The zero-order valence-corrected chi connectivity index (χ0v) is 17.1. The van der Waals surface area contributed by atoms with Crippen LogP contribution in [0.1, 0.15) is 95.0 Å². The fraction of sp³-hybridized carbons (Fsp3) is 0.696. The molecule has 0 aromatic heterocycles. The van der Waals surface area contributed by atoms with Gasteiger partial charge in [0.2, 0.25) is 0 Å². The predicted octanol–water partition coefficient (Wildman–Crippen LogP) is 6.50. The highest BCUT2D eigenvalue weighted by molar-refractivity contribution is 5.88. The summed E-state index contributed by atoms with van der Waals surface area (Å²) in [6.45, 7) is 9.11. The highest BCUT2D eigenvalue weighted by Gasteiger charge is 2.31. The number of carbonyl (C=O) groups is 1. The van der Waals surface area contributed by atoms with E-state index in [0.717, 1.165) is 38.0 Å². The molecular formula is C23H36O3. The Bertz CT molecular complexity index is 534. The SMILES string of the molecule is CCCCCCc1ccc(C(=O)OOC2CCC(C(C)(C)C)CC2)cc1. The first-order valence-electron chi connectivity index (χ1n) is 10.4. The number of aryl methyl sites for hydroxylation is 1. The summed E-state index contributed by atoms with van der Waals surface area (Å²) >= 11 is 0. The second-order valence-corrected chi connectivity index (χ2v) is 8.81. The number of unbranched alkanes of at least 4 members (excludes halogenated alkanes) is 3. The number of hydrogen-bond acceptors (Lipinski definition) is 3. The zero-order chi connectivity index (χ0) is 19.0. The van der Waals surface area contributed by atoms with Gasteiger partial charge in [0.15, 0.2) is 0 Å². The van der Waals surface area contributed by atoms with Gasteiger partial charge >= 0.3 is 5.97 Å². The molecule has 0 atom stereocenters. The highest BCUT2D eigenvalue weighted by atomic mass is 17.2. The fourth-order valence-electron chi connectivity index (χ4n) is 3.75. The Labute approximate surface area is 159 Å². The molecule has 146 valence electrons. The normalized spacial score (nSPS) is 20.8. The van der Waals surface area contributed by atoms with Gasteiger partial charge in [0.1, 0.15) is 6.10 Å². The lowest BCUT2D eigenvalue weighted by molar-refractivity contribution is -0.281. The van der Waals surface area contributed by atoms with Gasteiger partial charge in [-0.25, -0.2) is 4.79 Å². The third kappa shape index (κ3) is 6.75. The standard InChI is InChI=1S/C23H36O3/c1-5-6-7-8-9-18-10-12-19(13-11-18)22(24)26-25-21-16-14-20(15-17-21)23(2,3)4/h10-13,20-21H,5-9,14-17H2,1-4H3. The van der Waals surface area contributed by atoms with Crippen molar-refractivity contribution in [3.63, 3.8) is 0 Å². The lowest BCUT2D eigenvalue weighted by Crippen LogP contribution is -2.29. The van der Waals surface area contributed by atoms with Crippen LogP contribution in [0.4, 0.5) is 0 Å². The van der Waals surface area contributed by atoms with E-state index in [-0.39, 0.29) is 12.1 Å². The number of carbonyl (C=O) groups excluding carboxylic acids is 1. The van der Waals surface area contributed by atoms with Gasteiger partial charge < -0.3 is 0 Å². The van der Waals surface area contributed by atoms with Crippen LogP contribution in [0.2, 0.25) is 0 Å². The Morgan fingerprint density at radius 1 is 1.00 bits per heavy atom. The maximum absolute atomic E-state index is 12.2. The van der Waals surface area contributed by atoms with Gasteiger partial charge in [0.05, 0.1) is 5.56 Å². The molecule has 1 saturated carbocycles. The molecule has 0 bridgehead atoms. The fourth-order valence-corrected chi connectivity index (χ4v) is 3.75. The molecule has 0 saturated heterocycles. The van der Waals surface area contributed by atoms with E-state index in [1.165, 1.54) is 31.2 Å². The van der Waals surface area contributed by atoms with E-state index in [4.69, 9.17) is 9.78 Å². The van der Waals surface area contributed by atoms with Gasteiger partial charge in [-0.2, -0.15) is 4.89 Å². The largest absolute Gasteiger partial charge is 0.373 e. The predicted molar refractivity (Wildman–Crippen MR) is 106 cm³/mol. The molecule has 0 unspecified atom stereocenters. The molecule has 26 heavy (non-hydrogen) atoms. The van der Waals surface area contributed by atoms with Crippen molar-refractivity contribution in [1.82, 2.24) is 0 Å².